The molecule has 0 bridgehead atoms. The van der Waals surface area contributed by atoms with Gasteiger partial charge in [0, 0.05) is 50.6 Å². The van der Waals surface area contributed by atoms with Gasteiger partial charge in [0.15, 0.2) is 0 Å². The summed E-state index contributed by atoms with van der Waals surface area (Å²) in [4.78, 5) is 4.67. The van der Waals surface area contributed by atoms with E-state index in [9.17, 15) is 0 Å². The smallest absolute Gasteiger partial charge is 0.0547 e. The van der Waals surface area contributed by atoms with E-state index in [1.807, 2.05) is 0 Å². The maximum Gasteiger partial charge on any atom is 0.0547 e. The third-order valence-corrected chi connectivity index (χ3v) is 12.0. The fourth-order valence-corrected chi connectivity index (χ4v) is 9.01. The molecule has 0 spiro atoms. The van der Waals surface area contributed by atoms with E-state index < -0.39 is 0 Å². The van der Waals surface area contributed by atoms with Gasteiger partial charge in [-0.2, -0.15) is 0 Å². The Balaban J connectivity index is 0.998. The average Bonchev–Trinajstić information content (AvgIpc) is 3.71. The van der Waals surface area contributed by atoms with Crippen LogP contribution in [0.15, 0.2) is 261 Å². The van der Waals surface area contributed by atoms with E-state index in [1.165, 1.54) is 55.2 Å². The Morgan fingerprint density at radius 3 is 1.17 bits per heavy atom. The maximum absolute atomic E-state index is 2.42. The Bertz CT molecular complexity index is 3160. The van der Waals surface area contributed by atoms with E-state index in [4.69, 9.17) is 0 Å². The molecule has 0 unspecified atom stereocenters. The second-order valence-corrected chi connectivity index (χ2v) is 15.8. The predicted molar refractivity (Wildman–Crippen MR) is 266 cm³/mol. The van der Waals surface area contributed by atoms with Gasteiger partial charge in [-0.25, -0.2) is 0 Å². The van der Waals surface area contributed by atoms with E-state index in [-0.39, 0.29) is 0 Å². The minimum Gasteiger partial charge on any atom is -0.311 e. The van der Waals surface area contributed by atoms with Gasteiger partial charge in [-0.3, -0.25) is 0 Å². The van der Waals surface area contributed by atoms with Crippen molar-refractivity contribution in [2.45, 2.75) is 0 Å². The molecular weight excluding hydrogens is 763 g/mol. The summed E-state index contributed by atoms with van der Waals surface area (Å²) in [6, 6.07) is 93.6. The highest BCUT2D eigenvalue weighted by Gasteiger charge is 2.19. The van der Waals surface area contributed by atoms with Crippen molar-refractivity contribution >= 4 is 55.9 Å². The number of rotatable bonds is 10. The zero-order valence-corrected chi connectivity index (χ0v) is 34.7. The number of hydrogen-bond acceptors (Lipinski definition) is 2. The summed E-state index contributed by atoms with van der Waals surface area (Å²) >= 11 is 0. The Morgan fingerprint density at radius 1 is 0.254 bits per heavy atom. The van der Waals surface area contributed by atoms with Crippen LogP contribution in [-0.2, 0) is 0 Å². The van der Waals surface area contributed by atoms with Crippen LogP contribution in [0.3, 0.4) is 0 Å². The van der Waals surface area contributed by atoms with Gasteiger partial charge in [0.1, 0.15) is 0 Å². The number of hydrogen-bond donors (Lipinski definition) is 0. The SMILES string of the molecule is c1ccc(-c2ccc(N(c3ccc(-c4ccccc4)cc3)c3ccc(-c4cccc5c4c4ccccc4n5-c4cccc(N(c5ccccc5)c5ccccc5)c4)cc3)cc2)cc1. The topological polar surface area (TPSA) is 11.4 Å². The van der Waals surface area contributed by atoms with Crippen LogP contribution >= 0.6 is 0 Å². The standard InChI is InChI=1S/C60H43N3/c1-5-17-44(18-6-1)46-31-37-51(38-32-46)61(52-39-33-47(34-40-52)45-19-7-2-8-20-45)53-41-35-48(36-42-53)56-28-16-30-59-60(56)57-27-13-14-29-58(57)63(59)55-26-15-25-54(43-55)62(49-21-9-3-10-22-49)50-23-11-4-12-24-50/h1-43H. The first-order valence-electron chi connectivity index (χ1n) is 21.5. The number of para-hydroxylation sites is 3. The van der Waals surface area contributed by atoms with Crippen molar-refractivity contribution in [2.75, 3.05) is 9.80 Å². The molecule has 0 saturated carbocycles. The molecule has 298 valence electrons. The fraction of sp³-hybridized carbons (Fsp3) is 0. The molecule has 11 rings (SSSR count). The van der Waals surface area contributed by atoms with Crippen molar-refractivity contribution in [1.29, 1.82) is 0 Å². The first kappa shape index (κ1) is 37.6. The van der Waals surface area contributed by atoms with Crippen LogP contribution in [0.4, 0.5) is 34.1 Å². The molecule has 3 nitrogen and oxygen atoms in total. The molecule has 0 aliphatic rings. The number of fused-ring (bicyclic) bond motifs is 3. The molecule has 11 aromatic rings. The molecule has 1 heterocycles. The molecule has 0 atom stereocenters. The van der Waals surface area contributed by atoms with Crippen molar-refractivity contribution in [3.05, 3.63) is 261 Å². The lowest BCUT2D eigenvalue weighted by Crippen LogP contribution is -2.10. The third kappa shape index (κ3) is 7.22. The van der Waals surface area contributed by atoms with Gasteiger partial charge < -0.3 is 14.4 Å². The zero-order chi connectivity index (χ0) is 42.0. The second-order valence-electron chi connectivity index (χ2n) is 15.8. The minimum atomic E-state index is 1.09. The number of benzene rings is 10. The molecule has 0 fully saturated rings. The molecule has 0 aliphatic heterocycles. The van der Waals surface area contributed by atoms with Crippen molar-refractivity contribution in [3.8, 4) is 39.1 Å². The van der Waals surface area contributed by atoms with Gasteiger partial charge in [0.25, 0.3) is 0 Å². The van der Waals surface area contributed by atoms with Crippen LogP contribution in [0, 0.1) is 0 Å². The largest absolute Gasteiger partial charge is 0.311 e. The molecule has 63 heavy (non-hydrogen) atoms. The lowest BCUT2D eigenvalue weighted by Gasteiger charge is -2.26. The van der Waals surface area contributed by atoms with Crippen LogP contribution < -0.4 is 9.80 Å². The lowest BCUT2D eigenvalue weighted by atomic mass is 9.99. The van der Waals surface area contributed by atoms with E-state index in [1.54, 1.807) is 0 Å². The summed E-state index contributed by atoms with van der Waals surface area (Å²) < 4.78 is 2.42. The zero-order valence-electron chi connectivity index (χ0n) is 34.7. The number of anilines is 6. The van der Waals surface area contributed by atoms with Crippen LogP contribution in [0.25, 0.3) is 60.9 Å². The molecule has 0 amide bonds. The first-order valence-corrected chi connectivity index (χ1v) is 21.5. The van der Waals surface area contributed by atoms with Crippen LogP contribution in [0.5, 0.6) is 0 Å². The van der Waals surface area contributed by atoms with E-state index in [0.29, 0.717) is 0 Å². The van der Waals surface area contributed by atoms with Crippen molar-refractivity contribution < 1.29 is 0 Å². The van der Waals surface area contributed by atoms with E-state index >= 15 is 0 Å². The molecule has 0 aliphatic carbocycles. The van der Waals surface area contributed by atoms with Crippen molar-refractivity contribution in [1.82, 2.24) is 4.57 Å². The molecule has 1 aromatic heterocycles. The molecule has 0 saturated heterocycles. The van der Waals surface area contributed by atoms with Gasteiger partial charge in [0.05, 0.1) is 11.0 Å². The minimum absolute atomic E-state index is 1.09. The average molecular weight is 806 g/mol. The quantitative estimate of drug-likeness (QED) is 0.136. The maximum atomic E-state index is 2.42. The molecule has 0 radical (unpaired) electrons. The highest BCUT2D eigenvalue weighted by Crippen LogP contribution is 2.42. The Labute approximate surface area is 368 Å². The van der Waals surface area contributed by atoms with Crippen LogP contribution in [0.1, 0.15) is 0 Å². The normalized spacial score (nSPS) is 11.2. The Kier molecular flexibility index (Phi) is 9.89. The summed E-state index contributed by atoms with van der Waals surface area (Å²) in [6.45, 7) is 0. The molecule has 0 N–H and O–H groups in total. The van der Waals surface area contributed by atoms with E-state index in [2.05, 4.69) is 275 Å². The van der Waals surface area contributed by atoms with Crippen LogP contribution in [0.2, 0.25) is 0 Å². The van der Waals surface area contributed by atoms with Gasteiger partial charge in [0.2, 0.25) is 0 Å². The summed E-state index contributed by atoms with van der Waals surface area (Å²) in [5.74, 6) is 0. The summed E-state index contributed by atoms with van der Waals surface area (Å²) in [5.41, 5.74) is 17.2. The summed E-state index contributed by atoms with van der Waals surface area (Å²) in [5, 5.41) is 2.46. The predicted octanol–water partition coefficient (Wildman–Crippen LogP) is 16.7. The van der Waals surface area contributed by atoms with Gasteiger partial charge >= 0.3 is 0 Å². The van der Waals surface area contributed by atoms with Crippen molar-refractivity contribution in [2.24, 2.45) is 0 Å². The third-order valence-electron chi connectivity index (χ3n) is 12.0. The van der Waals surface area contributed by atoms with Gasteiger partial charge in [-0.1, -0.05) is 170 Å². The second kappa shape index (κ2) is 16.6. The number of aromatic nitrogens is 1. The monoisotopic (exact) mass is 805 g/mol. The first-order chi connectivity index (χ1) is 31.3. The van der Waals surface area contributed by atoms with E-state index in [0.717, 1.165) is 39.8 Å². The number of nitrogens with zero attached hydrogens (tertiary/aromatic N) is 3. The van der Waals surface area contributed by atoms with Crippen molar-refractivity contribution in [3.63, 3.8) is 0 Å². The fourth-order valence-electron chi connectivity index (χ4n) is 9.01. The molecule has 3 heteroatoms. The highest BCUT2D eigenvalue weighted by molar-refractivity contribution is 6.15. The molecular formula is C60H43N3. The van der Waals surface area contributed by atoms with Gasteiger partial charge in [-0.15, -0.1) is 0 Å². The summed E-state index contributed by atoms with van der Waals surface area (Å²) in [6.07, 6.45) is 0. The van der Waals surface area contributed by atoms with Gasteiger partial charge in [-0.05, 0) is 124 Å². The summed E-state index contributed by atoms with van der Waals surface area (Å²) in [7, 11) is 0. The highest BCUT2D eigenvalue weighted by atomic mass is 15.1. The Morgan fingerprint density at radius 2 is 0.635 bits per heavy atom. The van der Waals surface area contributed by atoms with Crippen LogP contribution in [-0.4, -0.2) is 4.57 Å². The molecule has 10 aromatic carbocycles. The Hall–Kier alpha value is -8.40. The lowest BCUT2D eigenvalue weighted by molar-refractivity contribution is 1.17.